The summed E-state index contributed by atoms with van der Waals surface area (Å²) in [6.45, 7) is 4.26. The summed E-state index contributed by atoms with van der Waals surface area (Å²) in [5.74, 6) is -0.114. The number of aromatic amines is 1. The Hall–Kier alpha value is -2.46. The van der Waals surface area contributed by atoms with Crippen molar-refractivity contribution < 1.29 is 4.79 Å². The molecule has 2 aromatic heterocycles. The molecule has 8 heteroatoms. The Kier molecular flexibility index (Phi) is 6.05. The molecule has 0 unspecified atom stereocenters. The molecule has 0 saturated carbocycles. The molecule has 0 aliphatic carbocycles. The van der Waals surface area contributed by atoms with E-state index in [9.17, 15) is 4.79 Å². The maximum atomic E-state index is 12.8. The maximum absolute atomic E-state index is 12.8. The van der Waals surface area contributed by atoms with Crippen molar-refractivity contribution in [3.05, 3.63) is 80.9 Å². The highest BCUT2D eigenvalue weighted by Gasteiger charge is 2.42. The van der Waals surface area contributed by atoms with E-state index in [1.54, 1.807) is 6.20 Å². The third-order valence-corrected chi connectivity index (χ3v) is 6.95. The average Bonchev–Trinajstić information content (AvgIpc) is 3.18. The van der Waals surface area contributed by atoms with Gasteiger partial charge in [0, 0.05) is 32.4 Å². The van der Waals surface area contributed by atoms with Crippen LogP contribution in [-0.4, -0.2) is 32.4 Å². The predicted octanol–water partition coefficient (Wildman–Crippen LogP) is 4.24. The highest BCUT2D eigenvalue weighted by molar-refractivity contribution is 14.1. The minimum atomic E-state index is -0.148. The number of halogens is 1. The lowest BCUT2D eigenvalue weighted by Gasteiger charge is -2.28. The summed E-state index contributed by atoms with van der Waals surface area (Å²) in [6.07, 6.45) is 1.78. The van der Waals surface area contributed by atoms with E-state index < -0.39 is 0 Å². The van der Waals surface area contributed by atoms with Crippen molar-refractivity contribution in [3.8, 4) is 0 Å². The van der Waals surface area contributed by atoms with Gasteiger partial charge < -0.3 is 20.5 Å². The number of aromatic nitrogens is 2. The van der Waals surface area contributed by atoms with Crippen LogP contribution in [0, 0.1) is 17.4 Å². The smallest absolute Gasteiger partial charge is 0.244 e. The molecule has 154 valence electrons. The molecule has 6 nitrogen and oxygen atoms in total. The van der Waals surface area contributed by atoms with Crippen molar-refractivity contribution in [3.63, 3.8) is 0 Å². The minimum absolute atomic E-state index is 0.114. The molecule has 1 aromatic carbocycles. The molecule has 3 N–H and O–H groups in total. The van der Waals surface area contributed by atoms with Gasteiger partial charge in [-0.1, -0.05) is 24.3 Å². The van der Waals surface area contributed by atoms with Gasteiger partial charge in [0.1, 0.15) is 6.54 Å². The van der Waals surface area contributed by atoms with Gasteiger partial charge in [-0.15, -0.1) is 0 Å². The van der Waals surface area contributed by atoms with E-state index in [2.05, 4.69) is 57.0 Å². The number of amides is 1. The van der Waals surface area contributed by atoms with Gasteiger partial charge in [-0.05, 0) is 72.9 Å². The molecule has 2 atom stereocenters. The Bertz CT molecular complexity index is 1070. The predicted molar refractivity (Wildman–Crippen MR) is 130 cm³/mol. The normalized spacial score (nSPS) is 18.4. The zero-order chi connectivity index (χ0) is 21.3. The molecule has 4 rings (SSSR count). The largest absolute Gasteiger partial charge is 0.362 e. The van der Waals surface area contributed by atoms with Gasteiger partial charge in [0.25, 0.3) is 0 Å². The molecule has 1 aliphatic rings. The number of anilines is 1. The first-order valence-corrected chi connectivity index (χ1v) is 11.1. The van der Waals surface area contributed by atoms with Crippen LogP contribution in [0.2, 0.25) is 0 Å². The van der Waals surface area contributed by atoms with Crippen LogP contribution in [0.15, 0.2) is 54.7 Å². The number of hydrogen-bond donors (Lipinski definition) is 3. The van der Waals surface area contributed by atoms with Gasteiger partial charge in [0.15, 0.2) is 5.11 Å². The fourth-order valence-corrected chi connectivity index (χ4v) is 5.05. The van der Waals surface area contributed by atoms with E-state index in [-0.39, 0.29) is 24.5 Å². The van der Waals surface area contributed by atoms with Crippen molar-refractivity contribution in [1.29, 1.82) is 0 Å². The van der Waals surface area contributed by atoms with E-state index in [1.807, 2.05) is 53.4 Å². The zero-order valence-corrected chi connectivity index (χ0v) is 19.6. The number of aryl methyl sites for hydroxylation is 2. The van der Waals surface area contributed by atoms with E-state index in [4.69, 9.17) is 12.2 Å². The van der Waals surface area contributed by atoms with E-state index >= 15 is 0 Å². The van der Waals surface area contributed by atoms with Crippen LogP contribution in [0.5, 0.6) is 0 Å². The molecule has 1 amide bonds. The number of pyridine rings is 1. The number of nitrogens with one attached hydrogen (secondary N) is 3. The maximum Gasteiger partial charge on any atom is 0.244 e. The van der Waals surface area contributed by atoms with Crippen molar-refractivity contribution in [1.82, 2.24) is 20.2 Å². The molecule has 1 fully saturated rings. The first kappa shape index (κ1) is 20.8. The fourth-order valence-electron chi connectivity index (χ4n) is 3.89. The Morgan fingerprint density at radius 2 is 1.90 bits per heavy atom. The lowest BCUT2D eigenvalue weighted by molar-refractivity contribution is -0.116. The summed E-state index contributed by atoms with van der Waals surface area (Å²) in [7, 11) is 0. The molecular weight excluding hydrogens is 509 g/mol. The second-order valence-electron chi connectivity index (χ2n) is 7.27. The lowest BCUT2D eigenvalue weighted by atomic mass is 9.97. The molecule has 1 aliphatic heterocycles. The first-order valence-electron chi connectivity index (χ1n) is 9.63. The van der Waals surface area contributed by atoms with Gasteiger partial charge in [-0.25, -0.2) is 0 Å². The summed E-state index contributed by atoms with van der Waals surface area (Å²) in [4.78, 5) is 22.8. The third-order valence-electron chi connectivity index (χ3n) is 5.21. The van der Waals surface area contributed by atoms with E-state index in [0.29, 0.717) is 5.11 Å². The standard InChI is InChI=1S/C22H22IN5OS/c1-13-18(19(23)14(2)25-13)21-20(16-10-6-7-11-24-16)27-22(30)28(21)12-17(29)26-15-8-4-3-5-9-15/h3-11,20-21,25H,12H2,1-2H3,(H,26,29)(H,27,30)/t20-,21+/m0/s1. The topological polar surface area (TPSA) is 73.0 Å². The lowest BCUT2D eigenvalue weighted by Crippen LogP contribution is -2.37. The number of rotatable bonds is 5. The highest BCUT2D eigenvalue weighted by Crippen LogP contribution is 2.42. The fraction of sp³-hybridized carbons (Fsp3) is 0.227. The molecular formula is C22H22IN5OS. The van der Waals surface area contributed by atoms with Crippen molar-refractivity contribution >= 4 is 51.5 Å². The van der Waals surface area contributed by atoms with Gasteiger partial charge >= 0.3 is 0 Å². The number of benzene rings is 1. The van der Waals surface area contributed by atoms with Crippen molar-refractivity contribution in [2.45, 2.75) is 25.9 Å². The number of thiocarbonyl (C=S) groups is 1. The minimum Gasteiger partial charge on any atom is -0.362 e. The second kappa shape index (κ2) is 8.73. The Morgan fingerprint density at radius 3 is 2.53 bits per heavy atom. The molecule has 30 heavy (non-hydrogen) atoms. The third kappa shape index (κ3) is 4.06. The molecule has 0 radical (unpaired) electrons. The van der Waals surface area contributed by atoms with E-state index in [0.717, 1.165) is 31.9 Å². The van der Waals surface area contributed by atoms with Crippen molar-refractivity contribution in [2.75, 3.05) is 11.9 Å². The number of nitrogens with zero attached hydrogens (tertiary/aromatic N) is 2. The molecule has 3 heterocycles. The van der Waals surface area contributed by atoms with Crippen LogP contribution in [0.25, 0.3) is 0 Å². The van der Waals surface area contributed by atoms with Crippen LogP contribution in [0.4, 0.5) is 5.69 Å². The summed E-state index contributed by atoms with van der Waals surface area (Å²) in [6, 6.07) is 15.0. The summed E-state index contributed by atoms with van der Waals surface area (Å²) in [5.41, 5.74) is 4.98. The van der Waals surface area contributed by atoms with E-state index in [1.165, 1.54) is 0 Å². The SMILES string of the molecule is Cc1[nH]c(C)c([C@@H]2[C@H](c3ccccn3)NC(=S)N2CC(=O)Nc2ccccc2)c1I. The van der Waals surface area contributed by atoms with Crippen LogP contribution in [-0.2, 0) is 4.79 Å². The number of hydrogen-bond acceptors (Lipinski definition) is 3. The number of carbonyl (C=O) groups is 1. The molecule has 0 bridgehead atoms. The van der Waals surface area contributed by atoms with Gasteiger partial charge in [0.05, 0.1) is 17.8 Å². The quantitative estimate of drug-likeness (QED) is 0.340. The van der Waals surface area contributed by atoms with Crippen LogP contribution < -0.4 is 10.6 Å². The second-order valence-corrected chi connectivity index (χ2v) is 8.74. The summed E-state index contributed by atoms with van der Waals surface area (Å²) < 4.78 is 1.15. The highest BCUT2D eigenvalue weighted by atomic mass is 127. The Balaban J connectivity index is 1.68. The molecule has 0 spiro atoms. The summed E-state index contributed by atoms with van der Waals surface area (Å²) in [5, 5.41) is 6.91. The number of para-hydroxylation sites is 1. The monoisotopic (exact) mass is 531 g/mol. The van der Waals surface area contributed by atoms with Crippen LogP contribution in [0.1, 0.15) is 34.7 Å². The van der Waals surface area contributed by atoms with Crippen LogP contribution >= 0.6 is 34.8 Å². The Labute approximate surface area is 194 Å². The van der Waals surface area contributed by atoms with Crippen LogP contribution in [0.3, 0.4) is 0 Å². The van der Waals surface area contributed by atoms with Crippen molar-refractivity contribution in [2.24, 2.45) is 0 Å². The molecule has 3 aromatic rings. The summed E-state index contributed by atoms with van der Waals surface area (Å²) >= 11 is 8.03. The number of carbonyl (C=O) groups excluding carboxylic acids is 1. The number of H-pyrrole nitrogens is 1. The van der Waals surface area contributed by atoms with Gasteiger partial charge in [-0.3, -0.25) is 9.78 Å². The first-order chi connectivity index (χ1) is 14.5. The molecule has 1 saturated heterocycles. The van der Waals surface area contributed by atoms with Gasteiger partial charge in [-0.2, -0.15) is 0 Å². The average molecular weight is 531 g/mol. The van der Waals surface area contributed by atoms with Gasteiger partial charge in [0.2, 0.25) is 5.91 Å². The Morgan fingerprint density at radius 1 is 1.17 bits per heavy atom. The zero-order valence-electron chi connectivity index (χ0n) is 16.6.